The number of hydrogen-bond acceptors (Lipinski definition) is 3. The molecule has 0 amide bonds. The summed E-state index contributed by atoms with van der Waals surface area (Å²) in [6.45, 7) is 16.2. The van der Waals surface area contributed by atoms with Gasteiger partial charge in [-0.1, -0.05) is 123 Å². The third kappa shape index (κ3) is 8.31. The first kappa shape index (κ1) is 44.0. The molecule has 0 saturated heterocycles. The van der Waals surface area contributed by atoms with E-state index in [0.29, 0.717) is 5.92 Å². The number of anilines is 6. The van der Waals surface area contributed by atoms with Crippen LogP contribution in [0.15, 0.2) is 108 Å². The van der Waals surface area contributed by atoms with E-state index in [1.807, 2.05) is 0 Å². The van der Waals surface area contributed by atoms with Crippen molar-refractivity contribution < 1.29 is 4.42 Å². The molecule has 3 nitrogen and oxygen atoms in total. The largest absolute Gasteiger partial charge is 0.456 e. The Bertz CT molecular complexity index is 2740. The van der Waals surface area contributed by atoms with E-state index in [-0.39, 0.29) is 6.71 Å². The molecule has 330 valence electrons. The van der Waals surface area contributed by atoms with Gasteiger partial charge in [-0.2, -0.15) is 0 Å². The van der Waals surface area contributed by atoms with E-state index in [4.69, 9.17) is 4.42 Å². The van der Waals surface area contributed by atoms with E-state index in [2.05, 4.69) is 161 Å². The van der Waals surface area contributed by atoms with Crippen LogP contribution < -0.4 is 26.2 Å². The third-order valence-corrected chi connectivity index (χ3v) is 14.5. The molecular weight excluding hydrogens is 775 g/mol. The molecular formula is C60H71BN2O. The SMILES string of the molecule is CCCCCc1cc2c3c(c1)N(c1ccc(C(CC)CCC)cc1)c1c(ccc4oc5ccc(CCCC)cc5c14)B3c1ccc(CCCC)cc1N2c1cc(C)cc(CCCC)c1. The fraction of sp³-hybridized carbons (Fsp3) is 0.400. The van der Waals surface area contributed by atoms with Gasteiger partial charge in [0.2, 0.25) is 0 Å². The molecule has 0 N–H and O–H groups in total. The van der Waals surface area contributed by atoms with Crippen molar-refractivity contribution in [2.75, 3.05) is 9.80 Å². The van der Waals surface area contributed by atoms with Crippen LogP contribution in [0.25, 0.3) is 21.9 Å². The minimum Gasteiger partial charge on any atom is -0.456 e. The lowest BCUT2D eigenvalue weighted by Crippen LogP contribution is -2.61. The van der Waals surface area contributed by atoms with Gasteiger partial charge in [0.1, 0.15) is 11.2 Å². The summed E-state index contributed by atoms with van der Waals surface area (Å²) in [6, 6.07) is 41.4. The van der Waals surface area contributed by atoms with Gasteiger partial charge < -0.3 is 14.2 Å². The number of furan rings is 1. The second-order valence-electron chi connectivity index (χ2n) is 19.3. The minimum atomic E-state index is 0.0581. The lowest BCUT2D eigenvalue weighted by molar-refractivity contribution is 0.596. The molecule has 0 fully saturated rings. The molecule has 6 aromatic carbocycles. The van der Waals surface area contributed by atoms with E-state index in [9.17, 15) is 0 Å². The quantitative estimate of drug-likeness (QED) is 0.0597. The predicted molar refractivity (Wildman–Crippen MR) is 279 cm³/mol. The Morgan fingerprint density at radius 3 is 1.81 bits per heavy atom. The zero-order valence-electron chi connectivity index (χ0n) is 40.1. The molecule has 1 atom stereocenters. The molecule has 0 aliphatic carbocycles. The van der Waals surface area contributed by atoms with E-state index >= 15 is 0 Å². The molecule has 1 unspecified atom stereocenters. The first-order valence-electron chi connectivity index (χ1n) is 25.5. The van der Waals surface area contributed by atoms with E-state index in [1.165, 1.54) is 165 Å². The molecule has 0 spiro atoms. The first-order chi connectivity index (χ1) is 31.4. The minimum absolute atomic E-state index is 0.0581. The number of benzene rings is 6. The van der Waals surface area contributed by atoms with Crippen molar-refractivity contribution in [1.29, 1.82) is 0 Å². The molecule has 2 aliphatic rings. The smallest absolute Gasteiger partial charge is 0.252 e. The van der Waals surface area contributed by atoms with Crippen LogP contribution in [0.2, 0.25) is 0 Å². The van der Waals surface area contributed by atoms with Gasteiger partial charge >= 0.3 is 0 Å². The topological polar surface area (TPSA) is 19.6 Å². The second-order valence-corrected chi connectivity index (χ2v) is 19.3. The Morgan fingerprint density at radius 1 is 0.500 bits per heavy atom. The Labute approximate surface area is 385 Å². The van der Waals surface area contributed by atoms with Crippen molar-refractivity contribution in [3.63, 3.8) is 0 Å². The highest BCUT2D eigenvalue weighted by atomic mass is 16.3. The number of fused-ring (bicyclic) bond motifs is 8. The maximum atomic E-state index is 6.85. The van der Waals surface area contributed by atoms with Crippen LogP contribution in [0.1, 0.15) is 158 Å². The monoisotopic (exact) mass is 847 g/mol. The van der Waals surface area contributed by atoms with Gasteiger partial charge in [0.25, 0.3) is 6.71 Å². The first-order valence-corrected chi connectivity index (χ1v) is 25.5. The Kier molecular flexibility index (Phi) is 13.4. The van der Waals surface area contributed by atoms with Gasteiger partial charge in [-0.25, -0.2) is 0 Å². The van der Waals surface area contributed by atoms with E-state index < -0.39 is 0 Å². The molecule has 0 saturated carbocycles. The zero-order chi connectivity index (χ0) is 44.3. The standard InChI is InChI=1S/C60H71BN2O/c1-8-14-18-23-45-39-54-59-55(40-45)63(48-28-26-47(27-29-48)46(13-6)19-12-5)60-52(31-33-57-58(60)50-37-42(20-15-9-2)25-32-56(50)64-57)61(59)51-30-24-43(21-16-10-3)38-53(51)62(54)49-35-41(7)34-44(36-49)22-17-11-4/h24-40,46H,8-23H2,1-7H3. The summed E-state index contributed by atoms with van der Waals surface area (Å²) >= 11 is 0. The molecule has 3 heterocycles. The van der Waals surface area contributed by atoms with E-state index in [1.54, 1.807) is 0 Å². The second kappa shape index (κ2) is 19.5. The van der Waals surface area contributed by atoms with Crippen LogP contribution in [0.4, 0.5) is 34.1 Å². The Morgan fingerprint density at radius 2 is 1.11 bits per heavy atom. The molecule has 0 radical (unpaired) electrons. The van der Waals surface area contributed by atoms with Crippen LogP contribution in [0.5, 0.6) is 0 Å². The summed E-state index contributed by atoms with van der Waals surface area (Å²) in [5.41, 5.74) is 22.3. The summed E-state index contributed by atoms with van der Waals surface area (Å²) in [4.78, 5) is 5.34. The van der Waals surface area contributed by atoms with Gasteiger partial charge in [0.05, 0.1) is 11.1 Å². The van der Waals surface area contributed by atoms with Crippen molar-refractivity contribution in [1.82, 2.24) is 0 Å². The number of nitrogens with zero attached hydrogens (tertiary/aromatic N) is 2. The molecule has 7 aromatic rings. The van der Waals surface area contributed by atoms with Crippen LogP contribution >= 0.6 is 0 Å². The van der Waals surface area contributed by atoms with Crippen molar-refractivity contribution >= 4 is 79.2 Å². The van der Waals surface area contributed by atoms with Gasteiger partial charge in [0.15, 0.2) is 0 Å². The van der Waals surface area contributed by atoms with Crippen LogP contribution in [-0.4, -0.2) is 6.71 Å². The summed E-state index contributed by atoms with van der Waals surface area (Å²) in [7, 11) is 0. The fourth-order valence-corrected chi connectivity index (χ4v) is 11.2. The van der Waals surface area contributed by atoms with Crippen molar-refractivity contribution in [2.45, 2.75) is 157 Å². The zero-order valence-corrected chi connectivity index (χ0v) is 40.1. The van der Waals surface area contributed by atoms with Gasteiger partial charge in [-0.15, -0.1) is 0 Å². The van der Waals surface area contributed by atoms with E-state index in [0.717, 1.165) is 43.3 Å². The third-order valence-electron chi connectivity index (χ3n) is 14.5. The van der Waals surface area contributed by atoms with Gasteiger partial charge in [-0.3, -0.25) is 0 Å². The molecule has 4 heteroatoms. The normalized spacial score (nSPS) is 13.5. The predicted octanol–water partition coefficient (Wildman–Crippen LogP) is 16.0. The van der Waals surface area contributed by atoms with Gasteiger partial charge in [0, 0.05) is 33.8 Å². The molecule has 9 rings (SSSR count). The number of unbranched alkanes of at least 4 members (excludes halogenated alkanes) is 5. The highest BCUT2D eigenvalue weighted by Crippen LogP contribution is 2.49. The number of hydrogen-bond donors (Lipinski definition) is 0. The molecule has 0 bridgehead atoms. The average molecular weight is 847 g/mol. The number of rotatable bonds is 19. The van der Waals surface area contributed by atoms with Crippen LogP contribution in [0, 0.1) is 6.92 Å². The molecule has 64 heavy (non-hydrogen) atoms. The molecule has 1 aromatic heterocycles. The average Bonchev–Trinajstić information content (AvgIpc) is 3.69. The van der Waals surface area contributed by atoms with Crippen LogP contribution in [-0.2, 0) is 25.7 Å². The lowest BCUT2D eigenvalue weighted by atomic mass is 9.33. The van der Waals surface area contributed by atoms with Gasteiger partial charge in [-0.05, 0) is 187 Å². The maximum Gasteiger partial charge on any atom is 0.252 e. The highest BCUT2D eigenvalue weighted by Gasteiger charge is 2.45. The summed E-state index contributed by atoms with van der Waals surface area (Å²) in [6.07, 6.45) is 18.6. The van der Waals surface area contributed by atoms with Crippen LogP contribution in [0.3, 0.4) is 0 Å². The summed E-state index contributed by atoms with van der Waals surface area (Å²) in [5.74, 6) is 0.571. The lowest BCUT2D eigenvalue weighted by Gasteiger charge is -2.45. The van der Waals surface area contributed by atoms with Crippen molar-refractivity contribution in [2.24, 2.45) is 0 Å². The maximum absolute atomic E-state index is 6.85. The van der Waals surface area contributed by atoms with Crippen molar-refractivity contribution in [3.05, 3.63) is 137 Å². The van der Waals surface area contributed by atoms with Crippen molar-refractivity contribution in [3.8, 4) is 0 Å². The number of aryl methyl sites for hydroxylation is 5. The summed E-state index contributed by atoms with van der Waals surface area (Å²) in [5, 5.41) is 2.46. The summed E-state index contributed by atoms with van der Waals surface area (Å²) < 4.78 is 6.85. The Balaban J connectivity index is 1.37. The highest BCUT2D eigenvalue weighted by molar-refractivity contribution is 7.00. The fourth-order valence-electron chi connectivity index (χ4n) is 11.2. The molecule has 2 aliphatic heterocycles. The Hall–Kier alpha value is -5.22.